The van der Waals surface area contributed by atoms with Gasteiger partial charge in [-0.2, -0.15) is 0 Å². The molecule has 0 saturated heterocycles. The minimum absolute atomic E-state index is 0.0341. The molecule has 0 aliphatic heterocycles. The zero-order valence-electron chi connectivity index (χ0n) is 15.0. The summed E-state index contributed by atoms with van der Waals surface area (Å²) >= 11 is 5.88. The van der Waals surface area contributed by atoms with Gasteiger partial charge in [0.2, 0.25) is 5.91 Å². The molecule has 142 valence electrons. The highest BCUT2D eigenvalue weighted by molar-refractivity contribution is 6.30. The summed E-state index contributed by atoms with van der Waals surface area (Å²) < 4.78 is 5.78. The molecule has 0 bridgehead atoms. The first-order chi connectivity index (χ1) is 12.9. The van der Waals surface area contributed by atoms with Crippen LogP contribution in [0.5, 0.6) is 5.75 Å². The van der Waals surface area contributed by atoms with Crippen molar-refractivity contribution in [2.24, 2.45) is 11.7 Å². The van der Waals surface area contributed by atoms with Crippen molar-refractivity contribution in [3.8, 4) is 5.75 Å². The van der Waals surface area contributed by atoms with Gasteiger partial charge in [-0.25, -0.2) is 4.79 Å². The Balaban J connectivity index is 1.53. The van der Waals surface area contributed by atoms with E-state index in [-0.39, 0.29) is 23.9 Å². The van der Waals surface area contributed by atoms with Crippen molar-refractivity contribution in [3.63, 3.8) is 0 Å². The van der Waals surface area contributed by atoms with E-state index in [4.69, 9.17) is 22.1 Å². The number of carbonyl (C=O) groups is 2. The van der Waals surface area contributed by atoms with E-state index in [0.717, 1.165) is 5.56 Å². The van der Waals surface area contributed by atoms with Gasteiger partial charge in [0.25, 0.3) is 0 Å². The Labute approximate surface area is 163 Å². The number of carbonyl (C=O) groups excluding carboxylic acids is 2. The first-order valence-corrected chi connectivity index (χ1v) is 9.10. The highest BCUT2D eigenvalue weighted by atomic mass is 35.5. The number of halogens is 1. The average molecular weight is 388 g/mol. The third-order valence-electron chi connectivity index (χ3n) is 4.79. The van der Waals surface area contributed by atoms with Crippen molar-refractivity contribution < 1.29 is 14.3 Å². The van der Waals surface area contributed by atoms with Crippen molar-refractivity contribution >= 4 is 29.2 Å². The van der Waals surface area contributed by atoms with Gasteiger partial charge in [-0.1, -0.05) is 29.8 Å². The number of nitrogens with zero attached hydrogens (tertiary/aromatic N) is 1. The summed E-state index contributed by atoms with van der Waals surface area (Å²) in [5.74, 6) is 0.225. The van der Waals surface area contributed by atoms with Crippen LogP contribution in [0, 0.1) is 5.92 Å². The smallest absolute Gasteiger partial charge is 0.321 e. The number of primary amides is 1. The van der Waals surface area contributed by atoms with Gasteiger partial charge in [-0.05, 0) is 42.7 Å². The minimum atomic E-state index is -0.300. The molecule has 2 aromatic rings. The fourth-order valence-corrected chi connectivity index (χ4v) is 3.05. The molecule has 0 heterocycles. The molecule has 0 unspecified atom stereocenters. The zero-order chi connectivity index (χ0) is 19.4. The van der Waals surface area contributed by atoms with Crippen molar-refractivity contribution in [3.05, 3.63) is 59.1 Å². The molecule has 2 aromatic carbocycles. The van der Waals surface area contributed by atoms with Gasteiger partial charge >= 0.3 is 6.03 Å². The molecule has 3 rings (SSSR count). The van der Waals surface area contributed by atoms with Crippen LogP contribution in [-0.2, 0) is 11.4 Å². The Morgan fingerprint density at radius 3 is 2.59 bits per heavy atom. The molecule has 1 saturated carbocycles. The van der Waals surface area contributed by atoms with Gasteiger partial charge < -0.3 is 20.7 Å². The lowest BCUT2D eigenvalue weighted by atomic mass is 9.79. The van der Waals surface area contributed by atoms with Crippen LogP contribution in [0.1, 0.15) is 18.4 Å². The van der Waals surface area contributed by atoms with E-state index in [9.17, 15) is 9.59 Å². The van der Waals surface area contributed by atoms with Crippen LogP contribution < -0.4 is 15.8 Å². The van der Waals surface area contributed by atoms with E-state index < -0.39 is 0 Å². The second-order valence-corrected chi connectivity index (χ2v) is 7.14. The lowest BCUT2D eigenvalue weighted by Gasteiger charge is -2.39. The van der Waals surface area contributed by atoms with Crippen LogP contribution in [0.4, 0.5) is 10.5 Å². The number of nitrogens with one attached hydrogen (secondary N) is 1. The van der Waals surface area contributed by atoms with Gasteiger partial charge in [-0.3, -0.25) is 4.79 Å². The van der Waals surface area contributed by atoms with Crippen LogP contribution in [0.2, 0.25) is 5.02 Å². The summed E-state index contributed by atoms with van der Waals surface area (Å²) in [6.07, 6.45) is 1.23. The zero-order valence-corrected chi connectivity index (χ0v) is 15.8. The molecule has 1 fully saturated rings. The standard InChI is InChI=1S/C20H22ClN3O3/c1-24(17-9-14(10-17)19(22)25)20(26)23-16-3-2-4-18(11-16)27-12-13-5-7-15(21)8-6-13/h2-8,11,14,17H,9-10,12H2,1H3,(H2,22,25)(H,23,26). The topological polar surface area (TPSA) is 84.7 Å². The molecular formula is C20H22ClN3O3. The number of nitrogens with two attached hydrogens (primary N) is 1. The second kappa shape index (κ2) is 8.31. The largest absolute Gasteiger partial charge is 0.489 e. The normalized spacial score (nSPS) is 18.3. The molecule has 6 nitrogen and oxygen atoms in total. The molecule has 1 aliphatic rings. The SMILES string of the molecule is CN(C(=O)Nc1cccc(OCc2ccc(Cl)cc2)c1)C1CC(C(N)=O)C1. The fourth-order valence-electron chi connectivity index (χ4n) is 2.92. The first-order valence-electron chi connectivity index (χ1n) is 8.73. The molecule has 3 amide bonds. The molecule has 0 atom stereocenters. The predicted octanol–water partition coefficient (Wildman–Crippen LogP) is 3.65. The highest BCUT2D eigenvalue weighted by Crippen LogP contribution is 2.31. The third-order valence-corrected chi connectivity index (χ3v) is 5.04. The van der Waals surface area contributed by atoms with E-state index in [1.807, 2.05) is 36.4 Å². The van der Waals surface area contributed by atoms with E-state index in [1.165, 1.54) is 0 Å². The van der Waals surface area contributed by atoms with Crippen molar-refractivity contribution in [2.75, 3.05) is 12.4 Å². The summed E-state index contributed by atoms with van der Waals surface area (Å²) in [5.41, 5.74) is 6.92. The van der Waals surface area contributed by atoms with Gasteiger partial charge in [0.05, 0.1) is 0 Å². The highest BCUT2D eigenvalue weighted by Gasteiger charge is 2.37. The number of rotatable bonds is 6. The van der Waals surface area contributed by atoms with Gasteiger partial charge in [0.15, 0.2) is 0 Å². The maximum absolute atomic E-state index is 12.4. The van der Waals surface area contributed by atoms with Gasteiger partial charge in [-0.15, -0.1) is 0 Å². The average Bonchev–Trinajstić information content (AvgIpc) is 2.60. The van der Waals surface area contributed by atoms with Gasteiger partial charge in [0.1, 0.15) is 12.4 Å². The van der Waals surface area contributed by atoms with Crippen molar-refractivity contribution in [1.29, 1.82) is 0 Å². The Bertz CT molecular complexity index is 819. The maximum atomic E-state index is 12.4. The Hall–Kier alpha value is -2.73. The Kier molecular flexibility index (Phi) is 5.86. The first kappa shape index (κ1) is 19.0. The van der Waals surface area contributed by atoms with E-state index in [1.54, 1.807) is 24.1 Å². The van der Waals surface area contributed by atoms with Crippen LogP contribution >= 0.6 is 11.6 Å². The Morgan fingerprint density at radius 1 is 1.22 bits per heavy atom. The Morgan fingerprint density at radius 2 is 1.93 bits per heavy atom. The number of anilines is 1. The van der Waals surface area contributed by atoms with Crippen molar-refractivity contribution in [2.45, 2.75) is 25.5 Å². The van der Waals surface area contributed by atoms with Crippen molar-refractivity contribution in [1.82, 2.24) is 4.90 Å². The number of ether oxygens (including phenoxy) is 1. The van der Waals surface area contributed by atoms with Crippen LogP contribution in [-0.4, -0.2) is 29.9 Å². The maximum Gasteiger partial charge on any atom is 0.321 e. The number of hydrogen-bond acceptors (Lipinski definition) is 3. The number of hydrogen-bond donors (Lipinski definition) is 2. The molecule has 1 aliphatic carbocycles. The molecule has 27 heavy (non-hydrogen) atoms. The van der Waals surface area contributed by atoms with E-state index in [0.29, 0.717) is 35.9 Å². The van der Waals surface area contributed by atoms with Crippen LogP contribution in [0.25, 0.3) is 0 Å². The molecule has 7 heteroatoms. The minimum Gasteiger partial charge on any atom is -0.489 e. The predicted molar refractivity (Wildman–Crippen MR) is 105 cm³/mol. The lowest BCUT2D eigenvalue weighted by Crippen LogP contribution is -2.50. The van der Waals surface area contributed by atoms with E-state index in [2.05, 4.69) is 5.32 Å². The number of benzene rings is 2. The molecule has 3 N–H and O–H groups in total. The van der Waals surface area contributed by atoms with Crippen LogP contribution in [0.3, 0.4) is 0 Å². The molecular weight excluding hydrogens is 366 g/mol. The second-order valence-electron chi connectivity index (χ2n) is 6.71. The molecule has 0 radical (unpaired) electrons. The molecule has 0 spiro atoms. The quantitative estimate of drug-likeness (QED) is 0.793. The van der Waals surface area contributed by atoms with Gasteiger partial charge in [0, 0.05) is 35.8 Å². The lowest BCUT2D eigenvalue weighted by molar-refractivity contribution is -0.125. The summed E-state index contributed by atoms with van der Waals surface area (Å²) in [6.45, 7) is 0.408. The monoisotopic (exact) mass is 387 g/mol. The third kappa shape index (κ3) is 4.92. The molecule has 0 aromatic heterocycles. The fraction of sp³-hybridized carbons (Fsp3) is 0.300. The summed E-state index contributed by atoms with van der Waals surface area (Å²) in [6, 6.07) is 14.5. The number of amides is 3. The van der Waals surface area contributed by atoms with Crippen LogP contribution in [0.15, 0.2) is 48.5 Å². The van der Waals surface area contributed by atoms with E-state index >= 15 is 0 Å². The summed E-state index contributed by atoms with van der Waals surface area (Å²) in [5, 5.41) is 3.54. The summed E-state index contributed by atoms with van der Waals surface area (Å²) in [4.78, 5) is 25.1. The number of urea groups is 1. The summed E-state index contributed by atoms with van der Waals surface area (Å²) in [7, 11) is 1.72.